The van der Waals surface area contributed by atoms with Gasteiger partial charge in [0.05, 0.1) is 22.7 Å². The van der Waals surface area contributed by atoms with Crippen molar-refractivity contribution in [3.05, 3.63) is 352 Å². The van der Waals surface area contributed by atoms with Gasteiger partial charge < -0.3 is 19.6 Å². The minimum absolute atomic E-state index is 1.06. The molecule has 16 aromatic rings. The Morgan fingerprint density at radius 1 is 0.136 bits per heavy atom. The molecule has 16 aromatic carbocycles. The van der Waals surface area contributed by atoms with Crippen molar-refractivity contribution < 1.29 is 0 Å². The Morgan fingerprint density at radius 2 is 0.375 bits per heavy atom. The molecule has 0 amide bonds. The first-order valence-electron chi connectivity index (χ1n) is 30.1. The standard InChI is InChI=1S/C84H58N4/c1-3-27-65(28-4-1)87(83-57-63-23-9-11-31-73(63)77-35-15-17-37-79(77)83)71-53-49-69(50-54-71)85(81-39-19-25-61-21-7-13-33-75(61)81)67-45-41-59(42-46-67)60-43-47-68(48-44-60)86(82-40-20-26-62-22-8-14-34-76(62)82)70-51-55-72(56-52-70)88(66-29-5-2-6-30-66)84-58-64-24-10-12-32-74(64)78-36-16-18-38-80(78)84/h1-58H. The van der Waals surface area contributed by atoms with E-state index in [0.717, 1.165) is 79.4 Å². The van der Waals surface area contributed by atoms with Gasteiger partial charge in [0.1, 0.15) is 0 Å². The summed E-state index contributed by atoms with van der Waals surface area (Å²) in [4.78, 5) is 9.58. The van der Waals surface area contributed by atoms with Gasteiger partial charge in [-0.15, -0.1) is 0 Å². The molecule has 4 heteroatoms. The second-order valence-electron chi connectivity index (χ2n) is 22.5. The zero-order valence-electron chi connectivity index (χ0n) is 48.3. The number of rotatable bonds is 13. The van der Waals surface area contributed by atoms with Crippen LogP contribution >= 0.6 is 0 Å². The molecule has 4 nitrogen and oxygen atoms in total. The van der Waals surface area contributed by atoms with Crippen molar-refractivity contribution in [2.24, 2.45) is 0 Å². The molecular formula is C84H58N4. The zero-order chi connectivity index (χ0) is 58.3. The van der Waals surface area contributed by atoms with Crippen LogP contribution in [0.15, 0.2) is 352 Å². The monoisotopic (exact) mass is 1120 g/mol. The highest BCUT2D eigenvalue weighted by Crippen LogP contribution is 2.48. The molecule has 0 aliphatic heterocycles. The Hall–Kier alpha value is -11.7. The Bertz CT molecular complexity index is 4860. The molecule has 0 atom stereocenters. The smallest absolute Gasteiger partial charge is 0.0546 e. The largest absolute Gasteiger partial charge is 0.310 e. The fourth-order valence-electron chi connectivity index (χ4n) is 13.2. The first-order valence-corrected chi connectivity index (χ1v) is 30.1. The topological polar surface area (TPSA) is 13.0 Å². The number of hydrogen-bond acceptors (Lipinski definition) is 4. The van der Waals surface area contributed by atoms with Crippen LogP contribution in [0.25, 0.3) is 75.8 Å². The van der Waals surface area contributed by atoms with E-state index in [9.17, 15) is 0 Å². The molecular weight excluding hydrogens is 1060 g/mol. The first-order chi connectivity index (χ1) is 43.7. The lowest BCUT2D eigenvalue weighted by atomic mass is 9.99. The highest BCUT2D eigenvalue weighted by atomic mass is 15.2. The number of benzene rings is 16. The maximum absolute atomic E-state index is 2.40. The zero-order valence-corrected chi connectivity index (χ0v) is 48.3. The molecule has 88 heavy (non-hydrogen) atoms. The average molecular weight is 1120 g/mol. The lowest BCUT2D eigenvalue weighted by molar-refractivity contribution is 1.27. The van der Waals surface area contributed by atoms with Crippen LogP contribution in [-0.4, -0.2) is 0 Å². The Labute approximate surface area is 512 Å². The molecule has 0 bridgehead atoms. The van der Waals surface area contributed by atoms with E-state index in [1.54, 1.807) is 0 Å². The number of nitrogens with zero attached hydrogens (tertiary/aromatic N) is 4. The summed E-state index contributed by atoms with van der Waals surface area (Å²) in [6, 6.07) is 128. The number of hydrogen-bond donors (Lipinski definition) is 0. The number of anilines is 12. The minimum atomic E-state index is 1.06. The SMILES string of the molecule is c1ccc(N(c2ccc(N(c3ccc(-c4ccc(N(c5ccc(N(c6ccccc6)c6cc7ccccc7c7ccccc67)cc5)c5cccc6ccccc56)cc4)cc3)c3cccc4ccccc34)cc2)c2cc3ccccc3c3ccccc23)cc1. The maximum Gasteiger partial charge on any atom is 0.0546 e. The van der Waals surface area contributed by atoms with Gasteiger partial charge in [0, 0.05) is 67.0 Å². The van der Waals surface area contributed by atoms with Gasteiger partial charge in [0.15, 0.2) is 0 Å². The van der Waals surface area contributed by atoms with Crippen molar-refractivity contribution in [1.82, 2.24) is 0 Å². The Kier molecular flexibility index (Phi) is 13.2. The second kappa shape index (κ2) is 22.4. The molecule has 0 saturated carbocycles. The van der Waals surface area contributed by atoms with Gasteiger partial charge in [-0.1, -0.05) is 231 Å². The number of para-hydroxylation sites is 2. The molecule has 16 rings (SSSR count). The summed E-state index contributed by atoms with van der Waals surface area (Å²) in [6.07, 6.45) is 0. The summed E-state index contributed by atoms with van der Waals surface area (Å²) >= 11 is 0. The minimum Gasteiger partial charge on any atom is -0.310 e. The van der Waals surface area contributed by atoms with Crippen LogP contribution in [0.4, 0.5) is 68.2 Å². The van der Waals surface area contributed by atoms with E-state index >= 15 is 0 Å². The molecule has 0 saturated heterocycles. The van der Waals surface area contributed by atoms with Crippen molar-refractivity contribution >= 4 is 133 Å². The van der Waals surface area contributed by atoms with E-state index < -0.39 is 0 Å². The van der Waals surface area contributed by atoms with Gasteiger partial charge in [-0.25, -0.2) is 0 Å². The molecule has 0 aliphatic carbocycles. The van der Waals surface area contributed by atoms with Gasteiger partial charge in [0.2, 0.25) is 0 Å². The van der Waals surface area contributed by atoms with Crippen LogP contribution < -0.4 is 19.6 Å². The van der Waals surface area contributed by atoms with Crippen LogP contribution in [0.1, 0.15) is 0 Å². The van der Waals surface area contributed by atoms with E-state index in [1.165, 1.54) is 64.6 Å². The highest BCUT2D eigenvalue weighted by molar-refractivity contribution is 6.16. The third kappa shape index (κ3) is 9.37. The van der Waals surface area contributed by atoms with Crippen LogP contribution in [0.5, 0.6) is 0 Å². The normalized spacial score (nSPS) is 11.4. The van der Waals surface area contributed by atoms with Gasteiger partial charge in [-0.3, -0.25) is 0 Å². The Morgan fingerprint density at radius 3 is 0.727 bits per heavy atom. The van der Waals surface area contributed by atoms with Crippen molar-refractivity contribution in [3.63, 3.8) is 0 Å². The van der Waals surface area contributed by atoms with Gasteiger partial charge in [-0.2, -0.15) is 0 Å². The van der Waals surface area contributed by atoms with Crippen molar-refractivity contribution in [3.8, 4) is 11.1 Å². The van der Waals surface area contributed by atoms with E-state index in [0.29, 0.717) is 0 Å². The second-order valence-corrected chi connectivity index (χ2v) is 22.5. The molecule has 0 aliphatic rings. The molecule has 0 N–H and O–H groups in total. The average Bonchev–Trinajstić information content (AvgIpc) is 1.91. The summed E-state index contributed by atoms with van der Waals surface area (Å²) in [5.74, 6) is 0. The van der Waals surface area contributed by atoms with Crippen molar-refractivity contribution in [2.45, 2.75) is 0 Å². The Balaban J connectivity index is 0.758. The summed E-state index contributed by atoms with van der Waals surface area (Å²) in [5.41, 5.74) is 15.3. The predicted molar refractivity (Wildman–Crippen MR) is 376 cm³/mol. The van der Waals surface area contributed by atoms with Crippen LogP contribution in [-0.2, 0) is 0 Å². The van der Waals surface area contributed by atoms with Gasteiger partial charge in [-0.05, 0) is 176 Å². The molecule has 0 radical (unpaired) electrons. The predicted octanol–water partition coefficient (Wildman–Crippen LogP) is 24.2. The summed E-state index contributed by atoms with van der Waals surface area (Å²) in [5, 5.41) is 14.5. The molecule has 0 heterocycles. The van der Waals surface area contributed by atoms with Crippen LogP contribution in [0, 0.1) is 0 Å². The molecule has 0 unspecified atom stereocenters. The highest BCUT2D eigenvalue weighted by Gasteiger charge is 2.23. The molecule has 414 valence electrons. The molecule has 0 aromatic heterocycles. The van der Waals surface area contributed by atoms with E-state index in [1.807, 2.05) is 0 Å². The summed E-state index contributed by atoms with van der Waals surface area (Å²) in [7, 11) is 0. The van der Waals surface area contributed by atoms with E-state index in [-0.39, 0.29) is 0 Å². The van der Waals surface area contributed by atoms with Gasteiger partial charge in [0.25, 0.3) is 0 Å². The van der Waals surface area contributed by atoms with E-state index in [4.69, 9.17) is 0 Å². The number of fused-ring (bicyclic) bond motifs is 8. The van der Waals surface area contributed by atoms with Crippen LogP contribution in [0.3, 0.4) is 0 Å². The molecule has 0 fully saturated rings. The third-order valence-electron chi connectivity index (χ3n) is 17.3. The van der Waals surface area contributed by atoms with E-state index in [2.05, 4.69) is 371 Å². The van der Waals surface area contributed by atoms with Crippen molar-refractivity contribution in [1.29, 1.82) is 0 Å². The third-order valence-corrected chi connectivity index (χ3v) is 17.3. The fourth-order valence-corrected chi connectivity index (χ4v) is 13.2. The lowest BCUT2D eigenvalue weighted by Crippen LogP contribution is -2.13. The quantitative estimate of drug-likeness (QED) is 0.107. The summed E-state index contributed by atoms with van der Waals surface area (Å²) in [6.45, 7) is 0. The first kappa shape index (κ1) is 51.9. The van der Waals surface area contributed by atoms with Crippen molar-refractivity contribution in [2.75, 3.05) is 19.6 Å². The lowest BCUT2D eigenvalue weighted by Gasteiger charge is -2.30. The van der Waals surface area contributed by atoms with Crippen LogP contribution in [0.2, 0.25) is 0 Å². The van der Waals surface area contributed by atoms with Gasteiger partial charge >= 0.3 is 0 Å². The fraction of sp³-hybridized carbons (Fsp3) is 0. The molecule has 0 spiro atoms. The maximum atomic E-state index is 2.40. The summed E-state index contributed by atoms with van der Waals surface area (Å²) < 4.78 is 0.